The average Bonchev–Trinajstić information content (AvgIpc) is 2.58. The fourth-order valence-electron chi connectivity index (χ4n) is 2.83. The topological polar surface area (TPSA) is 110 Å². The van der Waals surface area contributed by atoms with Crippen LogP contribution in [0.1, 0.15) is 23.2 Å². The number of amides is 1. The first kappa shape index (κ1) is 19.7. The third-order valence-electron chi connectivity index (χ3n) is 4.07. The van der Waals surface area contributed by atoms with Crippen molar-refractivity contribution in [3.05, 3.63) is 33.9 Å². The normalized spacial score (nSPS) is 18.2. The van der Waals surface area contributed by atoms with E-state index in [2.05, 4.69) is 4.72 Å². The fraction of sp³-hybridized carbons (Fsp3) is 0.533. The SMILES string of the molecule is CSc1ccc([N+](=O)[O-])c(C(=O)N2CCCC(CNS(C)(=O)=O)C2)c1. The van der Waals surface area contributed by atoms with Crippen LogP contribution in [0.2, 0.25) is 0 Å². The van der Waals surface area contributed by atoms with Gasteiger partial charge in [0.15, 0.2) is 0 Å². The van der Waals surface area contributed by atoms with Crippen molar-refractivity contribution in [1.29, 1.82) is 0 Å². The van der Waals surface area contributed by atoms with Gasteiger partial charge in [0.25, 0.3) is 11.6 Å². The molecule has 138 valence electrons. The zero-order valence-corrected chi connectivity index (χ0v) is 15.7. The number of nitro groups is 1. The van der Waals surface area contributed by atoms with Crippen LogP contribution >= 0.6 is 11.8 Å². The van der Waals surface area contributed by atoms with E-state index in [-0.39, 0.29) is 29.6 Å². The van der Waals surface area contributed by atoms with Gasteiger partial charge in [0.1, 0.15) is 5.56 Å². The minimum Gasteiger partial charge on any atom is -0.338 e. The number of hydrogen-bond donors (Lipinski definition) is 1. The van der Waals surface area contributed by atoms with Gasteiger partial charge >= 0.3 is 0 Å². The first-order chi connectivity index (χ1) is 11.7. The summed E-state index contributed by atoms with van der Waals surface area (Å²) >= 11 is 1.41. The van der Waals surface area contributed by atoms with Gasteiger partial charge in [-0.1, -0.05) is 0 Å². The van der Waals surface area contributed by atoms with Gasteiger partial charge < -0.3 is 4.90 Å². The number of benzene rings is 1. The molecule has 0 radical (unpaired) electrons. The third-order valence-corrected chi connectivity index (χ3v) is 5.49. The molecule has 1 unspecified atom stereocenters. The van der Waals surface area contributed by atoms with E-state index in [1.807, 2.05) is 6.26 Å². The number of carbonyl (C=O) groups is 1. The number of likely N-dealkylation sites (tertiary alicyclic amines) is 1. The molecule has 1 aromatic rings. The van der Waals surface area contributed by atoms with Crippen LogP contribution in [0.3, 0.4) is 0 Å². The highest BCUT2D eigenvalue weighted by Crippen LogP contribution is 2.27. The highest BCUT2D eigenvalue weighted by Gasteiger charge is 2.29. The molecule has 0 spiro atoms. The van der Waals surface area contributed by atoms with Crippen LogP contribution in [0, 0.1) is 16.0 Å². The maximum atomic E-state index is 12.8. The molecule has 8 nitrogen and oxygen atoms in total. The van der Waals surface area contributed by atoms with Crippen molar-refractivity contribution in [1.82, 2.24) is 9.62 Å². The Kier molecular flexibility index (Phi) is 6.42. The van der Waals surface area contributed by atoms with Gasteiger partial charge in [0, 0.05) is 30.6 Å². The Labute approximate surface area is 151 Å². The molecule has 0 saturated carbocycles. The Hall–Kier alpha value is -1.65. The van der Waals surface area contributed by atoms with Crippen LogP contribution in [0.15, 0.2) is 23.1 Å². The standard InChI is InChI=1S/C15H21N3O5S2/c1-24-12-5-6-14(18(20)21)13(8-12)15(19)17-7-3-4-11(10-17)9-16-25(2,22)23/h5-6,8,11,16H,3-4,7,9-10H2,1-2H3. The number of nitro benzene ring substituents is 1. The predicted octanol–water partition coefficient (Wildman–Crippen LogP) is 1.72. The first-order valence-corrected chi connectivity index (χ1v) is 10.9. The van der Waals surface area contributed by atoms with Crippen molar-refractivity contribution >= 4 is 33.4 Å². The molecule has 0 aliphatic carbocycles. The Balaban J connectivity index is 2.18. The van der Waals surface area contributed by atoms with Crippen molar-refractivity contribution in [3.63, 3.8) is 0 Å². The van der Waals surface area contributed by atoms with Gasteiger partial charge in [-0.05, 0) is 37.1 Å². The minimum atomic E-state index is -3.29. The van der Waals surface area contributed by atoms with Crippen LogP contribution in [0.25, 0.3) is 0 Å². The summed E-state index contributed by atoms with van der Waals surface area (Å²) in [4.78, 5) is 25.9. The number of rotatable bonds is 6. The summed E-state index contributed by atoms with van der Waals surface area (Å²) in [5.41, 5.74) is -0.132. The summed E-state index contributed by atoms with van der Waals surface area (Å²) in [6.07, 6.45) is 4.47. The second kappa shape index (κ2) is 8.15. The molecule has 1 aliphatic rings. The molecule has 2 rings (SSSR count). The summed E-state index contributed by atoms with van der Waals surface area (Å²) in [7, 11) is -3.29. The van der Waals surface area contributed by atoms with Gasteiger partial charge in [0.05, 0.1) is 11.2 Å². The number of piperidine rings is 1. The third kappa shape index (κ3) is 5.41. The van der Waals surface area contributed by atoms with Crippen LogP contribution in [-0.2, 0) is 10.0 Å². The quantitative estimate of drug-likeness (QED) is 0.452. The molecule has 1 saturated heterocycles. The average molecular weight is 387 g/mol. The molecule has 1 N–H and O–H groups in total. The van der Waals surface area contributed by atoms with Gasteiger partial charge in [-0.2, -0.15) is 0 Å². The monoisotopic (exact) mass is 387 g/mol. The molecule has 1 aromatic carbocycles. The number of carbonyl (C=O) groups excluding carboxylic acids is 1. The largest absolute Gasteiger partial charge is 0.338 e. The summed E-state index contributed by atoms with van der Waals surface area (Å²) < 4.78 is 24.9. The Morgan fingerprint density at radius 2 is 2.20 bits per heavy atom. The number of thioether (sulfide) groups is 1. The summed E-state index contributed by atoms with van der Waals surface area (Å²) in [5, 5.41) is 11.2. The van der Waals surface area contributed by atoms with Gasteiger partial charge in [-0.3, -0.25) is 14.9 Å². The summed E-state index contributed by atoms with van der Waals surface area (Å²) in [5.74, 6) is -0.387. The highest BCUT2D eigenvalue weighted by atomic mass is 32.2. The van der Waals surface area contributed by atoms with E-state index in [9.17, 15) is 23.3 Å². The van der Waals surface area contributed by atoms with E-state index < -0.39 is 14.9 Å². The molecule has 0 bridgehead atoms. The molecule has 1 fully saturated rings. The maximum Gasteiger partial charge on any atom is 0.282 e. The molecule has 1 heterocycles. The Morgan fingerprint density at radius 1 is 1.48 bits per heavy atom. The van der Waals surface area contributed by atoms with E-state index in [1.54, 1.807) is 17.0 Å². The van der Waals surface area contributed by atoms with Gasteiger partial charge in [0.2, 0.25) is 10.0 Å². The highest BCUT2D eigenvalue weighted by molar-refractivity contribution is 7.98. The van der Waals surface area contributed by atoms with E-state index in [4.69, 9.17) is 0 Å². The van der Waals surface area contributed by atoms with E-state index >= 15 is 0 Å². The van der Waals surface area contributed by atoms with Crippen molar-refractivity contribution in [2.75, 3.05) is 32.1 Å². The van der Waals surface area contributed by atoms with E-state index in [1.165, 1.54) is 17.8 Å². The van der Waals surface area contributed by atoms with E-state index in [0.717, 1.165) is 24.0 Å². The smallest absolute Gasteiger partial charge is 0.282 e. The lowest BCUT2D eigenvalue weighted by atomic mass is 9.97. The van der Waals surface area contributed by atoms with Crippen LogP contribution in [0.4, 0.5) is 5.69 Å². The van der Waals surface area contributed by atoms with Crippen LogP contribution in [-0.4, -0.2) is 56.3 Å². The molecular weight excluding hydrogens is 366 g/mol. The lowest BCUT2D eigenvalue weighted by Crippen LogP contribution is -2.43. The molecule has 1 atom stereocenters. The van der Waals surface area contributed by atoms with Crippen molar-refractivity contribution < 1.29 is 18.1 Å². The Morgan fingerprint density at radius 3 is 2.80 bits per heavy atom. The number of nitrogens with zero attached hydrogens (tertiary/aromatic N) is 2. The zero-order valence-electron chi connectivity index (χ0n) is 14.1. The molecule has 1 aliphatic heterocycles. The van der Waals surface area contributed by atoms with Crippen LogP contribution in [0.5, 0.6) is 0 Å². The van der Waals surface area contributed by atoms with Crippen molar-refractivity contribution in [3.8, 4) is 0 Å². The lowest BCUT2D eigenvalue weighted by molar-refractivity contribution is -0.385. The summed E-state index contributed by atoms with van der Waals surface area (Å²) in [6, 6.07) is 4.52. The fourth-order valence-corrected chi connectivity index (χ4v) is 3.81. The molecular formula is C15H21N3O5S2. The number of nitrogens with one attached hydrogen (secondary N) is 1. The molecule has 10 heteroatoms. The number of hydrogen-bond acceptors (Lipinski definition) is 6. The van der Waals surface area contributed by atoms with Crippen LogP contribution < -0.4 is 4.72 Å². The van der Waals surface area contributed by atoms with Crippen molar-refractivity contribution in [2.24, 2.45) is 5.92 Å². The minimum absolute atomic E-state index is 0.00443. The molecule has 1 amide bonds. The summed E-state index contributed by atoms with van der Waals surface area (Å²) in [6.45, 7) is 1.15. The van der Waals surface area contributed by atoms with Gasteiger partial charge in [-0.25, -0.2) is 13.1 Å². The van der Waals surface area contributed by atoms with Crippen molar-refractivity contribution in [2.45, 2.75) is 17.7 Å². The van der Waals surface area contributed by atoms with E-state index in [0.29, 0.717) is 13.1 Å². The zero-order chi connectivity index (χ0) is 18.6. The predicted molar refractivity (Wildman–Crippen MR) is 96.4 cm³/mol. The second-order valence-electron chi connectivity index (χ2n) is 6.02. The second-order valence-corrected chi connectivity index (χ2v) is 8.73. The first-order valence-electron chi connectivity index (χ1n) is 7.77. The number of sulfonamides is 1. The Bertz CT molecular complexity index is 766. The van der Waals surface area contributed by atoms with Gasteiger partial charge in [-0.15, -0.1) is 11.8 Å². The lowest BCUT2D eigenvalue weighted by Gasteiger charge is -2.32. The molecule has 25 heavy (non-hydrogen) atoms. The maximum absolute atomic E-state index is 12.8. The molecule has 0 aromatic heterocycles.